The predicted octanol–water partition coefficient (Wildman–Crippen LogP) is 4.70. The smallest absolute Gasteiger partial charge is 0.291 e. The normalized spacial score (nSPS) is 17.9. The maximum absolute atomic E-state index is 13.5. The van der Waals surface area contributed by atoms with Gasteiger partial charge in [-0.1, -0.05) is 6.42 Å². The number of rotatable bonds is 4. The summed E-state index contributed by atoms with van der Waals surface area (Å²) in [6.45, 7) is 4.14. The molecule has 0 bridgehead atoms. The van der Waals surface area contributed by atoms with Gasteiger partial charge in [-0.3, -0.25) is 4.79 Å². The first-order valence-electron chi connectivity index (χ1n) is 9.89. The number of sulfonamides is 1. The van der Waals surface area contributed by atoms with Crippen LogP contribution in [0, 0.1) is 12.7 Å². The second-order valence-electron chi connectivity index (χ2n) is 7.64. The van der Waals surface area contributed by atoms with Crippen LogP contribution in [0.15, 0.2) is 51.8 Å². The first-order valence-corrected chi connectivity index (χ1v) is 11.3. The summed E-state index contributed by atoms with van der Waals surface area (Å²) in [6, 6.07) is 10.1. The van der Waals surface area contributed by atoms with E-state index in [1.54, 1.807) is 23.4 Å². The van der Waals surface area contributed by atoms with E-state index in [4.69, 9.17) is 4.42 Å². The van der Waals surface area contributed by atoms with Crippen molar-refractivity contribution in [3.63, 3.8) is 0 Å². The van der Waals surface area contributed by atoms with Crippen molar-refractivity contribution in [1.29, 1.82) is 0 Å². The maximum atomic E-state index is 13.5. The Morgan fingerprint density at radius 3 is 2.60 bits per heavy atom. The molecular formula is C22H23FN2O4S. The summed E-state index contributed by atoms with van der Waals surface area (Å²) in [5.74, 6) is -0.794. The number of amides is 1. The number of nitrogens with zero attached hydrogens (tertiary/aromatic N) is 1. The monoisotopic (exact) mass is 430 g/mol. The summed E-state index contributed by atoms with van der Waals surface area (Å²) in [4.78, 5) is 12.8. The van der Waals surface area contributed by atoms with Gasteiger partial charge in [-0.05, 0) is 69.2 Å². The van der Waals surface area contributed by atoms with Crippen molar-refractivity contribution in [3.8, 4) is 0 Å². The molecule has 1 unspecified atom stereocenters. The molecule has 1 aromatic heterocycles. The molecule has 0 spiro atoms. The molecule has 0 aliphatic carbocycles. The number of carbonyl (C=O) groups is 1. The lowest BCUT2D eigenvalue weighted by Crippen LogP contribution is -2.41. The van der Waals surface area contributed by atoms with E-state index < -0.39 is 21.7 Å². The third-order valence-electron chi connectivity index (χ3n) is 5.57. The van der Waals surface area contributed by atoms with E-state index in [0.717, 1.165) is 19.3 Å². The standard InChI is InChI=1S/C22H23FN2O4S/c1-14-5-3-4-12-25(14)30(27,28)18-9-7-17(8-10-18)24-22(26)21-15(2)19-13-16(23)6-11-20(19)29-21/h6-11,13-14H,3-5,12H2,1-2H3,(H,24,26). The molecule has 8 heteroatoms. The number of hydrogen-bond donors (Lipinski definition) is 1. The molecule has 3 aromatic rings. The van der Waals surface area contributed by atoms with Gasteiger partial charge in [0, 0.05) is 29.2 Å². The lowest BCUT2D eigenvalue weighted by molar-refractivity contribution is 0.0998. The van der Waals surface area contributed by atoms with Crippen LogP contribution >= 0.6 is 0 Å². The van der Waals surface area contributed by atoms with E-state index in [1.165, 1.54) is 30.3 Å². The fourth-order valence-corrected chi connectivity index (χ4v) is 5.57. The minimum absolute atomic E-state index is 0.0240. The van der Waals surface area contributed by atoms with Crippen LogP contribution < -0.4 is 5.32 Å². The number of benzene rings is 2. The fraction of sp³-hybridized carbons (Fsp3) is 0.318. The van der Waals surface area contributed by atoms with Gasteiger partial charge < -0.3 is 9.73 Å². The molecule has 0 radical (unpaired) electrons. The molecule has 0 saturated carbocycles. The molecule has 158 valence electrons. The minimum atomic E-state index is -3.57. The van der Waals surface area contributed by atoms with Crippen LogP contribution in [-0.2, 0) is 10.0 Å². The first kappa shape index (κ1) is 20.6. The van der Waals surface area contributed by atoms with Gasteiger partial charge in [0.25, 0.3) is 5.91 Å². The average molecular weight is 431 g/mol. The Hall–Kier alpha value is -2.71. The van der Waals surface area contributed by atoms with E-state index in [0.29, 0.717) is 28.8 Å². The van der Waals surface area contributed by atoms with Crippen molar-refractivity contribution in [2.45, 2.75) is 44.0 Å². The van der Waals surface area contributed by atoms with Crippen molar-refractivity contribution in [3.05, 3.63) is 59.6 Å². The van der Waals surface area contributed by atoms with Gasteiger partial charge in [0.1, 0.15) is 11.4 Å². The topological polar surface area (TPSA) is 79.6 Å². The van der Waals surface area contributed by atoms with E-state index in [9.17, 15) is 17.6 Å². The highest BCUT2D eigenvalue weighted by Crippen LogP contribution is 2.28. The van der Waals surface area contributed by atoms with Crippen molar-refractivity contribution in [1.82, 2.24) is 4.31 Å². The molecule has 1 fully saturated rings. The molecule has 4 rings (SSSR count). The van der Waals surface area contributed by atoms with E-state index in [-0.39, 0.29) is 16.7 Å². The van der Waals surface area contributed by atoms with Crippen molar-refractivity contribution < 1.29 is 22.0 Å². The molecule has 1 aliphatic heterocycles. The third kappa shape index (κ3) is 3.73. The third-order valence-corrected chi connectivity index (χ3v) is 7.59. The number of halogens is 1. The van der Waals surface area contributed by atoms with E-state index in [2.05, 4.69) is 5.32 Å². The largest absolute Gasteiger partial charge is 0.451 e. The van der Waals surface area contributed by atoms with Crippen LogP contribution in [-0.4, -0.2) is 31.2 Å². The van der Waals surface area contributed by atoms with Crippen LogP contribution in [0.25, 0.3) is 11.0 Å². The Labute approximate surface area is 174 Å². The van der Waals surface area contributed by atoms with Crippen molar-refractivity contribution >= 4 is 32.6 Å². The van der Waals surface area contributed by atoms with E-state index in [1.807, 2.05) is 6.92 Å². The molecule has 30 heavy (non-hydrogen) atoms. The molecule has 1 amide bonds. The summed E-state index contributed by atoms with van der Waals surface area (Å²) >= 11 is 0. The van der Waals surface area contributed by atoms with Crippen LogP contribution in [0.2, 0.25) is 0 Å². The fourth-order valence-electron chi connectivity index (χ4n) is 3.87. The number of piperidine rings is 1. The summed E-state index contributed by atoms with van der Waals surface area (Å²) in [7, 11) is -3.57. The van der Waals surface area contributed by atoms with Crippen LogP contribution in [0.4, 0.5) is 10.1 Å². The number of carbonyl (C=O) groups excluding carboxylic acids is 1. The molecular weight excluding hydrogens is 407 g/mol. The highest BCUT2D eigenvalue weighted by molar-refractivity contribution is 7.89. The van der Waals surface area contributed by atoms with Gasteiger partial charge in [-0.25, -0.2) is 12.8 Å². The zero-order valence-corrected chi connectivity index (χ0v) is 17.6. The van der Waals surface area contributed by atoms with Gasteiger partial charge in [0.05, 0.1) is 4.90 Å². The van der Waals surface area contributed by atoms with Crippen LogP contribution in [0.5, 0.6) is 0 Å². The highest BCUT2D eigenvalue weighted by Gasteiger charge is 2.30. The molecule has 1 saturated heterocycles. The minimum Gasteiger partial charge on any atom is -0.451 e. The molecule has 6 nitrogen and oxygen atoms in total. The Kier molecular flexibility index (Phi) is 5.38. The lowest BCUT2D eigenvalue weighted by atomic mass is 10.1. The second kappa shape index (κ2) is 7.85. The zero-order chi connectivity index (χ0) is 21.5. The molecule has 1 N–H and O–H groups in total. The van der Waals surface area contributed by atoms with Gasteiger partial charge >= 0.3 is 0 Å². The number of anilines is 1. The Bertz CT molecular complexity index is 1200. The van der Waals surface area contributed by atoms with Gasteiger partial charge in [-0.15, -0.1) is 0 Å². The number of nitrogens with one attached hydrogen (secondary N) is 1. The summed E-state index contributed by atoms with van der Waals surface area (Å²) in [5.41, 5.74) is 1.41. The SMILES string of the molecule is Cc1c(C(=O)Nc2ccc(S(=O)(=O)N3CCCCC3C)cc2)oc2ccc(F)cc12. The van der Waals surface area contributed by atoms with Crippen molar-refractivity contribution in [2.24, 2.45) is 0 Å². The van der Waals surface area contributed by atoms with Crippen LogP contribution in [0.1, 0.15) is 42.3 Å². The quantitative estimate of drug-likeness (QED) is 0.651. The predicted molar refractivity (Wildman–Crippen MR) is 113 cm³/mol. The molecule has 1 aliphatic rings. The van der Waals surface area contributed by atoms with Gasteiger partial charge in [0.2, 0.25) is 10.0 Å². The number of fused-ring (bicyclic) bond motifs is 1. The molecule has 2 heterocycles. The molecule has 2 aromatic carbocycles. The summed E-state index contributed by atoms with van der Waals surface area (Å²) < 4.78 is 46.4. The van der Waals surface area contributed by atoms with Gasteiger partial charge in [-0.2, -0.15) is 4.31 Å². The number of furan rings is 1. The summed E-state index contributed by atoms with van der Waals surface area (Å²) in [6.07, 6.45) is 2.75. The second-order valence-corrected chi connectivity index (χ2v) is 9.53. The van der Waals surface area contributed by atoms with Crippen LogP contribution in [0.3, 0.4) is 0 Å². The van der Waals surface area contributed by atoms with Gasteiger partial charge in [0.15, 0.2) is 5.76 Å². The number of hydrogen-bond acceptors (Lipinski definition) is 4. The van der Waals surface area contributed by atoms with Crippen molar-refractivity contribution in [2.75, 3.05) is 11.9 Å². The Morgan fingerprint density at radius 1 is 1.17 bits per heavy atom. The maximum Gasteiger partial charge on any atom is 0.291 e. The molecule has 1 atom stereocenters. The average Bonchev–Trinajstić information content (AvgIpc) is 3.05. The lowest BCUT2D eigenvalue weighted by Gasteiger charge is -2.32. The zero-order valence-electron chi connectivity index (χ0n) is 16.8. The summed E-state index contributed by atoms with van der Waals surface area (Å²) in [5, 5.41) is 3.25. The Balaban J connectivity index is 1.54. The Morgan fingerprint density at radius 2 is 1.90 bits per heavy atom. The number of aryl methyl sites for hydroxylation is 1. The highest BCUT2D eigenvalue weighted by atomic mass is 32.2. The van der Waals surface area contributed by atoms with E-state index >= 15 is 0 Å². The first-order chi connectivity index (χ1) is 14.3.